The number of rotatable bonds is 6. The van der Waals surface area contributed by atoms with Crippen LogP contribution in [0.25, 0.3) is 0 Å². The van der Waals surface area contributed by atoms with Crippen LogP contribution in [0.1, 0.15) is 12.7 Å². The molecular formula is C15H17N3O4S. The Labute approximate surface area is 134 Å². The molecule has 23 heavy (non-hydrogen) atoms. The van der Waals surface area contributed by atoms with Gasteiger partial charge in [0.05, 0.1) is 24.4 Å². The first-order chi connectivity index (χ1) is 10.9. The fourth-order valence-electron chi connectivity index (χ4n) is 2.00. The number of anilines is 1. The molecule has 0 saturated carbocycles. The van der Waals surface area contributed by atoms with Gasteiger partial charge in [-0.15, -0.1) is 0 Å². The summed E-state index contributed by atoms with van der Waals surface area (Å²) in [4.78, 5) is 12.2. The first-order valence-corrected chi connectivity index (χ1v) is 8.65. The van der Waals surface area contributed by atoms with Gasteiger partial charge >= 0.3 is 0 Å². The van der Waals surface area contributed by atoms with Gasteiger partial charge in [0.1, 0.15) is 11.8 Å². The van der Waals surface area contributed by atoms with Crippen molar-refractivity contribution in [3.05, 3.63) is 54.5 Å². The number of carbonyl (C=O) groups is 1. The molecule has 0 aliphatic carbocycles. The lowest BCUT2D eigenvalue weighted by Gasteiger charge is -2.27. The standard InChI is InChI=1S/C15H17N3O4S/c1-12(15(19)17-16-11-14-9-6-10-22-14)18(23(2,20)21)13-7-4-3-5-8-13/h3-12H,1-2H3,(H,17,19)/b16-11-/t12-/m1/s1. The van der Waals surface area contributed by atoms with E-state index in [0.717, 1.165) is 10.6 Å². The molecular weight excluding hydrogens is 318 g/mol. The molecule has 2 aromatic rings. The third-order valence-corrected chi connectivity index (χ3v) is 4.25. The van der Waals surface area contributed by atoms with E-state index < -0.39 is 22.0 Å². The number of hydrazone groups is 1. The van der Waals surface area contributed by atoms with Gasteiger partial charge < -0.3 is 4.42 Å². The quantitative estimate of drug-likeness (QED) is 0.641. The van der Waals surface area contributed by atoms with E-state index in [2.05, 4.69) is 10.5 Å². The van der Waals surface area contributed by atoms with Gasteiger partial charge in [0.2, 0.25) is 10.0 Å². The molecule has 1 aromatic carbocycles. The predicted molar refractivity (Wildman–Crippen MR) is 87.7 cm³/mol. The number of benzene rings is 1. The van der Waals surface area contributed by atoms with Crippen molar-refractivity contribution >= 4 is 27.8 Å². The molecule has 0 bridgehead atoms. The van der Waals surface area contributed by atoms with Crippen LogP contribution in [0.2, 0.25) is 0 Å². The Morgan fingerprint density at radius 2 is 1.96 bits per heavy atom. The van der Waals surface area contributed by atoms with Crippen LogP contribution in [0.5, 0.6) is 0 Å². The van der Waals surface area contributed by atoms with Crippen molar-refractivity contribution in [3.63, 3.8) is 0 Å². The highest BCUT2D eigenvalue weighted by Crippen LogP contribution is 2.20. The van der Waals surface area contributed by atoms with Crippen LogP contribution in [-0.4, -0.2) is 32.8 Å². The minimum atomic E-state index is -3.63. The van der Waals surface area contributed by atoms with Crippen molar-refractivity contribution in [1.82, 2.24) is 5.43 Å². The average Bonchev–Trinajstić information content (AvgIpc) is 3.00. The maximum Gasteiger partial charge on any atom is 0.263 e. The summed E-state index contributed by atoms with van der Waals surface area (Å²) in [5.41, 5.74) is 2.72. The minimum absolute atomic E-state index is 0.410. The summed E-state index contributed by atoms with van der Waals surface area (Å²) < 4.78 is 30.1. The largest absolute Gasteiger partial charge is 0.463 e. The maximum atomic E-state index is 12.2. The molecule has 122 valence electrons. The number of amides is 1. The second-order valence-electron chi connectivity index (χ2n) is 4.82. The summed E-state index contributed by atoms with van der Waals surface area (Å²) in [6.07, 6.45) is 3.86. The van der Waals surface area contributed by atoms with Crippen molar-refractivity contribution in [1.29, 1.82) is 0 Å². The second-order valence-corrected chi connectivity index (χ2v) is 6.68. The van der Waals surface area contributed by atoms with E-state index in [1.54, 1.807) is 42.5 Å². The third-order valence-electron chi connectivity index (χ3n) is 3.01. The fraction of sp³-hybridized carbons (Fsp3) is 0.200. The molecule has 1 heterocycles. The molecule has 0 aliphatic rings. The third kappa shape index (κ3) is 4.43. The molecule has 1 N–H and O–H groups in total. The van der Waals surface area contributed by atoms with Crippen molar-refractivity contribution in [2.45, 2.75) is 13.0 Å². The van der Waals surface area contributed by atoms with Crippen LogP contribution < -0.4 is 9.73 Å². The molecule has 7 nitrogen and oxygen atoms in total. The molecule has 2 rings (SSSR count). The monoisotopic (exact) mass is 335 g/mol. The maximum absolute atomic E-state index is 12.2. The van der Waals surface area contributed by atoms with Gasteiger partial charge in [0, 0.05) is 0 Å². The SMILES string of the molecule is C[C@H](C(=O)N/N=C\c1ccco1)N(c1ccccc1)S(C)(=O)=O. The topological polar surface area (TPSA) is 92.0 Å². The highest BCUT2D eigenvalue weighted by molar-refractivity contribution is 7.92. The van der Waals surface area contributed by atoms with Gasteiger partial charge in [0.25, 0.3) is 5.91 Å². The molecule has 0 spiro atoms. The van der Waals surface area contributed by atoms with Crippen LogP contribution in [0, 0.1) is 0 Å². The summed E-state index contributed by atoms with van der Waals surface area (Å²) in [6, 6.07) is 10.8. The fourth-order valence-corrected chi connectivity index (χ4v) is 3.18. The first-order valence-electron chi connectivity index (χ1n) is 6.80. The molecule has 0 radical (unpaired) electrons. The Balaban J connectivity index is 2.14. The van der Waals surface area contributed by atoms with Crippen LogP contribution >= 0.6 is 0 Å². The number of sulfonamides is 1. The first kappa shape index (κ1) is 16.8. The van der Waals surface area contributed by atoms with Crippen LogP contribution in [-0.2, 0) is 14.8 Å². The Hall–Kier alpha value is -2.61. The molecule has 1 amide bonds. The number of nitrogens with zero attached hydrogens (tertiary/aromatic N) is 2. The number of hydrogen-bond acceptors (Lipinski definition) is 5. The average molecular weight is 335 g/mol. The molecule has 1 aromatic heterocycles. The molecule has 0 saturated heterocycles. The molecule has 0 fully saturated rings. The molecule has 0 unspecified atom stereocenters. The van der Waals surface area contributed by atoms with Crippen LogP contribution in [0.15, 0.2) is 58.2 Å². The van der Waals surface area contributed by atoms with Gasteiger partial charge in [0.15, 0.2) is 0 Å². The smallest absolute Gasteiger partial charge is 0.263 e. The van der Waals surface area contributed by atoms with Crippen LogP contribution in [0.3, 0.4) is 0 Å². The minimum Gasteiger partial charge on any atom is -0.463 e. The molecule has 1 atom stereocenters. The van der Waals surface area contributed by atoms with E-state index in [4.69, 9.17) is 4.42 Å². The highest BCUT2D eigenvalue weighted by Gasteiger charge is 2.28. The summed E-state index contributed by atoms with van der Waals surface area (Å²) in [7, 11) is -3.63. The number of hydrogen-bond donors (Lipinski definition) is 1. The van der Waals surface area contributed by atoms with E-state index in [1.807, 2.05) is 0 Å². The zero-order chi connectivity index (χ0) is 16.9. The van der Waals surface area contributed by atoms with E-state index in [0.29, 0.717) is 11.4 Å². The Bertz CT molecular complexity index is 770. The van der Waals surface area contributed by atoms with E-state index in [1.165, 1.54) is 19.4 Å². The van der Waals surface area contributed by atoms with Crippen molar-refractivity contribution in [3.8, 4) is 0 Å². The molecule has 8 heteroatoms. The van der Waals surface area contributed by atoms with Crippen molar-refractivity contribution < 1.29 is 17.6 Å². The summed E-state index contributed by atoms with van der Waals surface area (Å²) in [5, 5.41) is 3.75. The van der Waals surface area contributed by atoms with E-state index in [9.17, 15) is 13.2 Å². The Kier molecular flexibility index (Phi) is 5.17. The highest BCUT2D eigenvalue weighted by atomic mass is 32.2. The van der Waals surface area contributed by atoms with Crippen molar-refractivity contribution in [2.24, 2.45) is 5.10 Å². The lowest BCUT2D eigenvalue weighted by molar-refractivity contribution is -0.121. The van der Waals surface area contributed by atoms with Gasteiger partial charge in [-0.2, -0.15) is 5.10 Å². The summed E-state index contributed by atoms with van der Waals surface area (Å²) in [6.45, 7) is 1.49. The number of furan rings is 1. The summed E-state index contributed by atoms with van der Waals surface area (Å²) in [5.74, 6) is -0.0805. The summed E-state index contributed by atoms with van der Waals surface area (Å²) >= 11 is 0. The van der Waals surface area contributed by atoms with Crippen molar-refractivity contribution in [2.75, 3.05) is 10.6 Å². The van der Waals surface area contributed by atoms with E-state index in [-0.39, 0.29) is 0 Å². The predicted octanol–water partition coefficient (Wildman–Crippen LogP) is 1.58. The number of nitrogens with one attached hydrogen (secondary N) is 1. The lowest BCUT2D eigenvalue weighted by atomic mass is 10.2. The zero-order valence-electron chi connectivity index (χ0n) is 12.7. The zero-order valence-corrected chi connectivity index (χ0v) is 13.5. The van der Waals surface area contributed by atoms with Gasteiger partial charge in [-0.25, -0.2) is 13.8 Å². The van der Waals surface area contributed by atoms with Gasteiger partial charge in [-0.3, -0.25) is 9.10 Å². The number of carbonyl (C=O) groups excluding carboxylic acids is 1. The van der Waals surface area contributed by atoms with Gasteiger partial charge in [-0.1, -0.05) is 18.2 Å². The van der Waals surface area contributed by atoms with E-state index >= 15 is 0 Å². The number of para-hydroxylation sites is 1. The normalized spacial score (nSPS) is 13.0. The van der Waals surface area contributed by atoms with Crippen LogP contribution in [0.4, 0.5) is 5.69 Å². The Morgan fingerprint density at radius 1 is 1.26 bits per heavy atom. The molecule has 0 aliphatic heterocycles. The second kappa shape index (κ2) is 7.10. The lowest BCUT2D eigenvalue weighted by Crippen LogP contribution is -2.46. The van der Waals surface area contributed by atoms with Gasteiger partial charge in [-0.05, 0) is 31.2 Å². The Morgan fingerprint density at radius 3 is 2.52 bits per heavy atom.